The van der Waals surface area contributed by atoms with Crippen LogP contribution in [-0.2, 0) is 0 Å². The van der Waals surface area contributed by atoms with Crippen molar-refractivity contribution in [3.8, 4) is 0 Å². The van der Waals surface area contributed by atoms with Gasteiger partial charge in [-0.2, -0.15) is 0 Å². The third-order valence-electron chi connectivity index (χ3n) is 2.37. The summed E-state index contributed by atoms with van der Waals surface area (Å²) in [5.41, 5.74) is 0. The van der Waals surface area contributed by atoms with Crippen LogP contribution in [0.2, 0.25) is 13.3 Å². The molecule has 0 N–H and O–H groups in total. The van der Waals surface area contributed by atoms with E-state index >= 15 is 0 Å². The van der Waals surface area contributed by atoms with E-state index in [0.29, 0.717) is 0 Å². The molecule has 73 valence electrons. The molecular weight excluding hydrogens is 251 g/mol. The molecule has 0 aliphatic carbocycles. The van der Waals surface area contributed by atoms with Crippen molar-refractivity contribution in [2.45, 2.75) is 66.2 Å². The Labute approximate surface area is 85.9 Å². The third kappa shape index (κ3) is 7.45. The van der Waals surface area contributed by atoms with E-state index in [9.17, 15) is 0 Å². The van der Waals surface area contributed by atoms with E-state index in [1.165, 1.54) is 32.1 Å². The summed E-state index contributed by atoms with van der Waals surface area (Å²) in [6.07, 6.45) is 7.35. The zero-order valence-corrected chi connectivity index (χ0v) is 12.0. The summed E-state index contributed by atoms with van der Waals surface area (Å²) in [6, 6.07) is 0. The second-order valence-electron chi connectivity index (χ2n) is 3.71. The van der Waals surface area contributed by atoms with Gasteiger partial charge >= 0.3 is 85.9 Å². The van der Waals surface area contributed by atoms with Gasteiger partial charge in [0, 0.05) is 0 Å². The van der Waals surface area contributed by atoms with Gasteiger partial charge in [-0.15, -0.1) is 0 Å². The van der Waals surface area contributed by atoms with Crippen molar-refractivity contribution in [1.29, 1.82) is 0 Å². The fraction of sp³-hybridized carbons (Fsp3) is 1.00. The van der Waals surface area contributed by atoms with Crippen LogP contribution in [0.25, 0.3) is 0 Å². The zero-order chi connectivity index (χ0) is 9.23. The van der Waals surface area contributed by atoms with Gasteiger partial charge in [-0.1, -0.05) is 0 Å². The molecule has 12 heavy (non-hydrogen) atoms. The van der Waals surface area contributed by atoms with Gasteiger partial charge in [-0.05, 0) is 0 Å². The molecule has 0 nitrogen and oxygen atoms in total. The molecule has 0 rings (SSSR count). The van der Waals surface area contributed by atoms with Gasteiger partial charge in [0.25, 0.3) is 0 Å². The average Bonchev–Trinajstić information content (AvgIpc) is 2.10. The van der Waals surface area contributed by atoms with Crippen molar-refractivity contribution in [2.75, 3.05) is 0 Å². The van der Waals surface area contributed by atoms with Gasteiger partial charge in [-0.3, -0.25) is 0 Å². The molecule has 0 fully saturated rings. The molecule has 0 aromatic carbocycles. The fourth-order valence-electron chi connectivity index (χ4n) is 1.58. The molecule has 0 heterocycles. The summed E-state index contributed by atoms with van der Waals surface area (Å²) in [4.78, 5) is 0. The summed E-state index contributed by atoms with van der Waals surface area (Å²) in [5.74, 6) is 0. The quantitative estimate of drug-likeness (QED) is 0.573. The van der Waals surface area contributed by atoms with E-state index in [-0.39, 0.29) is 0 Å². The molecule has 0 unspecified atom stereocenters. The molecular formula is C11H25Sn. The van der Waals surface area contributed by atoms with E-state index in [0.717, 1.165) is 0 Å². The summed E-state index contributed by atoms with van der Waals surface area (Å²) >= 11 is -0.812. The van der Waals surface area contributed by atoms with Crippen molar-refractivity contribution >= 4 is 19.8 Å². The van der Waals surface area contributed by atoms with Crippen LogP contribution in [0.5, 0.6) is 0 Å². The molecule has 0 saturated carbocycles. The summed E-state index contributed by atoms with van der Waals surface area (Å²) in [5, 5.41) is 0. The van der Waals surface area contributed by atoms with Crippen LogP contribution in [0.15, 0.2) is 0 Å². The number of hydrogen-bond donors (Lipinski definition) is 0. The van der Waals surface area contributed by atoms with Crippen molar-refractivity contribution in [3.63, 3.8) is 0 Å². The Morgan fingerprint density at radius 3 is 1.50 bits per heavy atom. The van der Waals surface area contributed by atoms with E-state index < -0.39 is 19.8 Å². The molecule has 1 heteroatoms. The summed E-state index contributed by atoms with van der Waals surface area (Å²) in [6.45, 7) is 7.01. The van der Waals surface area contributed by atoms with Crippen LogP contribution in [-0.4, -0.2) is 19.8 Å². The first-order valence-electron chi connectivity index (χ1n) is 5.68. The van der Waals surface area contributed by atoms with Crippen molar-refractivity contribution < 1.29 is 0 Å². The van der Waals surface area contributed by atoms with E-state index in [4.69, 9.17) is 0 Å². The Hall–Kier alpha value is 0.799. The predicted molar refractivity (Wildman–Crippen MR) is 60.3 cm³/mol. The van der Waals surface area contributed by atoms with Crippen molar-refractivity contribution in [3.05, 3.63) is 0 Å². The Bertz CT molecular complexity index is 73.1. The average molecular weight is 276 g/mol. The Balaban J connectivity index is 3.40. The number of rotatable bonds is 8. The SMILES string of the molecule is CCC[CH2][Sn]([CH2]CC)[CH2]CCC. The fourth-order valence-corrected chi connectivity index (χ4v) is 10.6. The second-order valence-corrected chi connectivity index (χ2v) is 12.3. The second kappa shape index (κ2) is 9.88. The van der Waals surface area contributed by atoms with Crippen LogP contribution in [0.1, 0.15) is 52.9 Å². The normalized spacial score (nSPS) is 11.0. The third-order valence-corrected chi connectivity index (χ3v) is 11.9. The molecule has 1 radical (unpaired) electrons. The molecule has 0 atom stereocenters. The first-order chi connectivity index (χ1) is 5.85. The van der Waals surface area contributed by atoms with Gasteiger partial charge < -0.3 is 0 Å². The molecule has 0 aromatic heterocycles. The van der Waals surface area contributed by atoms with Crippen molar-refractivity contribution in [1.82, 2.24) is 0 Å². The van der Waals surface area contributed by atoms with E-state index in [1.54, 1.807) is 13.3 Å². The first-order valence-corrected chi connectivity index (χ1v) is 11.7. The maximum atomic E-state index is 2.36. The molecule has 0 spiro atoms. The molecule has 0 aliphatic heterocycles. The van der Waals surface area contributed by atoms with Gasteiger partial charge in [0.2, 0.25) is 0 Å². The van der Waals surface area contributed by atoms with E-state index in [1.807, 2.05) is 0 Å². The Morgan fingerprint density at radius 2 is 1.17 bits per heavy atom. The topological polar surface area (TPSA) is 0 Å². The number of hydrogen-bond acceptors (Lipinski definition) is 0. The first kappa shape index (κ1) is 12.8. The van der Waals surface area contributed by atoms with Crippen LogP contribution >= 0.6 is 0 Å². The summed E-state index contributed by atoms with van der Waals surface area (Å²) in [7, 11) is 0. The Morgan fingerprint density at radius 1 is 0.667 bits per heavy atom. The minimum absolute atomic E-state index is 0.812. The monoisotopic (exact) mass is 277 g/mol. The van der Waals surface area contributed by atoms with Gasteiger partial charge in [0.15, 0.2) is 0 Å². The van der Waals surface area contributed by atoms with Crippen LogP contribution in [0.3, 0.4) is 0 Å². The minimum atomic E-state index is -0.812. The van der Waals surface area contributed by atoms with Crippen LogP contribution < -0.4 is 0 Å². The standard InChI is InChI=1S/2C4H9.C3H7.Sn/c2*1-3-4-2;1-3-2;/h2*1,3-4H2,2H3;1,3H2,2H3;. The van der Waals surface area contributed by atoms with Crippen LogP contribution in [0.4, 0.5) is 0 Å². The van der Waals surface area contributed by atoms with Gasteiger partial charge in [0.1, 0.15) is 0 Å². The van der Waals surface area contributed by atoms with Crippen LogP contribution in [0, 0.1) is 0 Å². The zero-order valence-electron chi connectivity index (χ0n) is 9.16. The van der Waals surface area contributed by atoms with Gasteiger partial charge in [0.05, 0.1) is 0 Å². The molecule has 0 amide bonds. The molecule has 0 aliphatic rings. The van der Waals surface area contributed by atoms with E-state index in [2.05, 4.69) is 20.8 Å². The van der Waals surface area contributed by atoms with Crippen molar-refractivity contribution in [2.24, 2.45) is 0 Å². The molecule has 0 saturated heterocycles. The summed E-state index contributed by atoms with van der Waals surface area (Å²) < 4.78 is 5.00. The molecule has 0 bridgehead atoms. The number of unbranched alkanes of at least 4 members (excludes halogenated alkanes) is 2. The Kier molecular flexibility index (Phi) is 10.5. The predicted octanol–water partition coefficient (Wildman–Crippen LogP) is 4.49. The molecule has 0 aromatic rings. The maximum absolute atomic E-state index is 2.36. The van der Waals surface area contributed by atoms with Gasteiger partial charge in [-0.25, -0.2) is 0 Å².